The van der Waals surface area contributed by atoms with Gasteiger partial charge in [-0.2, -0.15) is 0 Å². The molecule has 0 bridgehead atoms. The molecule has 1 aromatic heterocycles. The molecule has 0 aliphatic heterocycles. The molecule has 2 atom stereocenters. The Balaban J connectivity index is 2.16. The van der Waals surface area contributed by atoms with Crippen molar-refractivity contribution in [1.82, 2.24) is 20.2 Å². The highest BCUT2D eigenvalue weighted by Gasteiger charge is 2.24. The van der Waals surface area contributed by atoms with Gasteiger partial charge in [-0.3, -0.25) is 0 Å². The smallest absolute Gasteiger partial charge is 0.240 e. The van der Waals surface area contributed by atoms with Crippen LogP contribution >= 0.6 is 0 Å². The van der Waals surface area contributed by atoms with E-state index in [-0.39, 0.29) is 0 Å². The summed E-state index contributed by atoms with van der Waals surface area (Å²) in [7, 11) is 0. The average molecular weight is 167 g/mol. The predicted octanol–water partition coefficient (Wildman–Crippen LogP) is 0.616. The van der Waals surface area contributed by atoms with Gasteiger partial charge in [0.2, 0.25) is 5.95 Å². The minimum absolute atomic E-state index is 0.426. The molecule has 5 heteroatoms. The second-order valence-electron chi connectivity index (χ2n) is 3.55. The Hall–Kier alpha value is -1.13. The number of nitrogen functional groups attached to an aromatic ring is 1. The highest BCUT2D eigenvalue weighted by Crippen LogP contribution is 2.34. The monoisotopic (exact) mass is 167 g/mol. The van der Waals surface area contributed by atoms with Crippen LogP contribution in [0.25, 0.3) is 0 Å². The first-order chi connectivity index (χ1) is 5.77. The van der Waals surface area contributed by atoms with Gasteiger partial charge in [-0.1, -0.05) is 12.0 Å². The largest absolute Gasteiger partial charge is 0.367 e. The molecule has 1 fully saturated rings. The Morgan fingerprint density at radius 2 is 2.33 bits per heavy atom. The van der Waals surface area contributed by atoms with Crippen LogP contribution in [0.4, 0.5) is 5.95 Å². The highest BCUT2D eigenvalue weighted by molar-refractivity contribution is 5.11. The molecular weight excluding hydrogens is 154 g/mol. The second kappa shape index (κ2) is 2.73. The second-order valence-corrected chi connectivity index (χ2v) is 3.55. The lowest BCUT2D eigenvalue weighted by Gasteiger charge is -2.08. The molecule has 0 aromatic carbocycles. The van der Waals surface area contributed by atoms with Gasteiger partial charge in [0.05, 0.1) is 6.04 Å². The summed E-state index contributed by atoms with van der Waals surface area (Å²) in [5, 5.41) is 11.1. The van der Waals surface area contributed by atoms with Crippen LogP contribution in [0.2, 0.25) is 0 Å². The first-order valence-corrected chi connectivity index (χ1v) is 4.30. The van der Waals surface area contributed by atoms with Gasteiger partial charge in [0, 0.05) is 0 Å². The van der Waals surface area contributed by atoms with Crippen LogP contribution in [-0.2, 0) is 0 Å². The number of hydrogen-bond acceptors (Lipinski definition) is 4. The lowest BCUT2D eigenvalue weighted by atomic mass is 10.1. The topological polar surface area (TPSA) is 69.6 Å². The van der Waals surface area contributed by atoms with E-state index >= 15 is 0 Å². The lowest BCUT2D eigenvalue weighted by Crippen LogP contribution is -2.10. The number of aromatic nitrogens is 4. The molecule has 1 heterocycles. The van der Waals surface area contributed by atoms with Crippen molar-refractivity contribution in [3.8, 4) is 0 Å². The number of nitrogens with two attached hydrogens (primary N) is 1. The van der Waals surface area contributed by atoms with Crippen molar-refractivity contribution in [3.05, 3.63) is 0 Å². The zero-order valence-electron chi connectivity index (χ0n) is 7.14. The molecule has 2 unspecified atom stereocenters. The molecule has 2 N–H and O–H groups in total. The summed E-state index contributed by atoms with van der Waals surface area (Å²) >= 11 is 0. The summed E-state index contributed by atoms with van der Waals surface area (Å²) in [6.45, 7) is 2.25. The third-order valence-electron chi connectivity index (χ3n) is 2.53. The first kappa shape index (κ1) is 7.52. The van der Waals surface area contributed by atoms with Crippen molar-refractivity contribution in [2.75, 3.05) is 5.73 Å². The number of anilines is 1. The summed E-state index contributed by atoms with van der Waals surface area (Å²) < 4.78 is 1.74. The molecule has 0 spiro atoms. The zero-order chi connectivity index (χ0) is 8.55. The molecule has 1 saturated carbocycles. The Kier molecular flexibility index (Phi) is 1.71. The maximum Gasteiger partial charge on any atom is 0.240 e. The normalized spacial score (nSPS) is 29.4. The minimum Gasteiger partial charge on any atom is -0.367 e. The molecule has 66 valence electrons. The van der Waals surface area contributed by atoms with Gasteiger partial charge in [0.1, 0.15) is 0 Å². The van der Waals surface area contributed by atoms with Crippen molar-refractivity contribution >= 4 is 5.95 Å². The van der Waals surface area contributed by atoms with Crippen molar-refractivity contribution in [1.29, 1.82) is 0 Å². The van der Waals surface area contributed by atoms with Gasteiger partial charge in [0.25, 0.3) is 0 Å². The SMILES string of the molecule is CC1CCC(n2nnnc2N)C1. The van der Waals surface area contributed by atoms with Crippen molar-refractivity contribution in [2.24, 2.45) is 5.92 Å². The van der Waals surface area contributed by atoms with Crippen LogP contribution in [0, 0.1) is 5.92 Å². The van der Waals surface area contributed by atoms with E-state index in [9.17, 15) is 0 Å². The van der Waals surface area contributed by atoms with Crippen LogP contribution in [0.15, 0.2) is 0 Å². The number of tetrazole rings is 1. The van der Waals surface area contributed by atoms with Crippen LogP contribution < -0.4 is 5.73 Å². The van der Waals surface area contributed by atoms with E-state index in [0.29, 0.717) is 12.0 Å². The van der Waals surface area contributed by atoms with E-state index in [0.717, 1.165) is 18.8 Å². The molecular formula is C7H13N5. The third-order valence-corrected chi connectivity index (χ3v) is 2.53. The van der Waals surface area contributed by atoms with E-state index in [1.807, 2.05) is 0 Å². The van der Waals surface area contributed by atoms with Gasteiger partial charge in [-0.15, -0.1) is 0 Å². The summed E-state index contributed by atoms with van der Waals surface area (Å²) in [5.41, 5.74) is 5.59. The van der Waals surface area contributed by atoms with Crippen molar-refractivity contribution in [3.63, 3.8) is 0 Å². The van der Waals surface area contributed by atoms with Crippen molar-refractivity contribution < 1.29 is 0 Å². The maximum atomic E-state index is 5.59. The molecule has 0 radical (unpaired) electrons. The maximum absolute atomic E-state index is 5.59. The van der Waals surface area contributed by atoms with Gasteiger partial charge in [0.15, 0.2) is 0 Å². The highest BCUT2D eigenvalue weighted by atomic mass is 15.6. The van der Waals surface area contributed by atoms with E-state index < -0.39 is 0 Å². The number of hydrogen-bond donors (Lipinski definition) is 1. The fourth-order valence-electron chi connectivity index (χ4n) is 1.86. The summed E-state index contributed by atoms with van der Waals surface area (Å²) in [6.07, 6.45) is 3.55. The van der Waals surface area contributed by atoms with E-state index in [1.54, 1.807) is 4.68 Å². The molecule has 12 heavy (non-hydrogen) atoms. The van der Waals surface area contributed by atoms with Crippen LogP contribution in [0.1, 0.15) is 32.2 Å². The third kappa shape index (κ3) is 1.15. The molecule has 0 saturated heterocycles. The Labute approximate surface area is 70.9 Å². The molecule has 5 nitrogen and oxygen atoms in total. The fraction of sp³-hybridized carbons (Fsp3) is 0.857. The molecule has 1 aliphatic carbocycles. The fourth-order valence-corrected chi connectivity index (χ4v) is 1.86. The lowest BCUT2D eigenvalue weighted by molar-refractivity contribution is 0.444. The summed E-state index contributed by atoms with van der Waals surface area (Å²) in [4.78, 5) is 0. The van der Waals surface area contributed by atoms with E-state index in [4.69, 9.17) is 5.73 Å². The molecule has 1 aliphatic rings. The molecule has 1 aromatic rings. The summed E-state index contributed by atoms with van der Waals surface area (Å²) in [6, 6.07) is 0.426. The van der Waals surface area contributed by atoms with Crippen LogP contribution in [0.5, 0.6) is 0 Å². The standard InChI is InChI=1S/C7H13N5/c1-5-2-3-6(4-5)12-7(8)9-10-11-12/h5-6H,2-4H2,1H3,(H2,8,9,11). The average Bonchev–Trinajstić information content (AvgIpc) is 2.58. The predicted molar refractivity (Wildman–Crippen MR) is 44.3 cm³/mol. The van der Waals surface area contributed by atoms with E-state index in [1.165, 1.54) is 6.42 Å². The van der Waals surface area contributed by atoms with Gasteiger partial charge in [-0.25, -0.2) is 4.68 Å². The minimum atomic E-state index is 0.426. The van der Waals surface area contributed by atoms with Crippen LogP contribution in [0.3, 0.4) is 0 Å². The quantitative estimate of drug-likeness (QED) is 0.665. The Morgan fingerprint density at radius 1 is 1.50 bits per heavy atom. The van der Waals surface area contributed by atoms with Gasteiger partial charge in [-0.05, 0) is 35.6 Å². The zero-order valence-corrected chi connectivity index (χ0v) is 7.14. The Morgan fingerprint density at radius 3 is 2.83 bits per heavy atom. The van der Waals surface area contributed by atoms with Crippen molar-refractivity contribution in [2.45, 2.75) is 32.2 Å². The van der Waals surface area contributed by atoms with Crippen LogP contribution in [-0.4, -0.2) is 20.2 Å². The first-order valence-electron chi connectivity index (χ1n) is 4.30. The Bertz CT molecular complexity index is 269. The molecule has 0 amide bonds. The van der Waals surface area contributed by atoms with Gasteiger partial charge >= 0.3 is 0 Å². The summed E-state index contributed by atoms with van der Waals surface area (Å²) in [5.74, 6) is 1.22. The number of rotatable bonds is 1. The van der Waals surface area contributed by atoms with Gasteiger partial charge < -0.3 is 5.73 Å². The van der Waals surface area contributed by atoms with E-state index in [2.05, 4.69) is 22.4 Å². The number of nitrogens with zero attached hydrogens (tertiary/aromatic N) is 4. The molecule has 2 rings (SSSR count).